The van der Waals surface area contributed by atoms with Crippen LogP contribution in [0.1, 0.15) is 12.5 Å². The predicted molar refractivity (Wildman–Crippen MR) is 86.3 cm³/mol. The number of aromatic nitrogens is 1. The highest BCUT2D eigenvalue weighted by Gasteiger charge is 2.05. The third-order valence-corrected chi connectivity index (χ3v) is 2.84. The van der Waals surface area contributed by atoms with Crippen LogP contribution in [0.3, 0.4) is 0 Å². The molecular formula is C15H16N4O4. The molecule has 0 aliphatic carbocycles. The summed E-state index contributed by atoms with van der Waals surface area (Å²) in [7, 11) is 1.58. The Morgan fingerprint density at radius 1 is 1.35 bits per heavy atom. The van der Waals surface area contributed by atoms with Gasteiger partial charge < -0.3 is 9.47 Å². The minimum absolute atomic E-state index is 0.0731. The number of nitrogens with one attached hydrogen (secondary N) is 1. The Hall–Kier alpha value is -3.16. The topological polar surface area (TPSA) is 98.9 Å². The zero-order valence-electron chi connectivity index (χ0n) is 12.7. The molecule has 120 valence electrons. The van der Waals surface area contributed by atoms with E-state index in [1.807, 2.05) is 13.0 Å². The summed E-state index contributed by atoms with van der Waals surface area (Å²) in [5.41, 5.74) is 3.44. The molecular weight excluding hydrogens is 300 g/mol. The summed E-state index contributed by atoms with van der Waals surface area (Å²) in [6.07, 6.45) is 2.75. The molecule has 0 amide bonds. The second-order valence-corrected chi connectivity index (χ2v) is 4.37. The fourth-order valence-electron chi connectivity index (χ4n) is 1.78. The van der Waals surface area contributed by atoms with Gasteiger partial charge in [0.2, 0.25) is 0 Å². The second kappa shape index (κ2) is 7.74. The van der Waals surface area contributed by atoms with Crippen molar-refractivity contribution in [2.45, 2.75) is 6.92 Å². The number of hydrogen-bond donors (Lipinski definition) is 1. The number of anilines is 1. The Morgan fingerprint density at radius 3 is 2.78 bits per heavy atom. The van der Waals surface area contributed by atoms with Crippen LogP contribution in [-0.2, 0) is 0 Å². The first-order chi connectivity index (χ1) is 11.1. The molecule has 0 saturated carbocycles. The Labute approximate surface area is 132 Å². The van der Waals surface area contributed by atoms with Crippen molar-refractivity contribution in [1.82, 2.24) is 4.98 Å². The van der Waals surface area contributed by atoms with Crippen molar-refractivity contribution >= 4 is 17.7 Å². The zero-order valence-corrected chi connectivity index (χ0v) is 12.7. The molecule has 0 atom stereocenters. The standard InChI is InChI=1S/C15H16N4O4/c1-3-23-14-8-11(4-6-13(14)22-2)9-17-18-15-7-5-12(10-16-15)19(20)21/h4-10H,3H2,1-2H3,(H,16,18)/b17-9+. The number of methoxy groups -OCH3 is 1. The molecule has 0 aliphatic heterocycles. The van der Waals surface area contributed by atoms with Crippen LogP contribution in [0.4, 0.5) is 11.5 Å². The zero-order chi connectivity index (χ0) is 16.7. The van der Waals surface area contributed by atoms with Gasteiger partial charge in [-0.3, -0.25) is 15.5 Å². The van der Waals surface area contributed by atoms with Crippen LogP contribution in [0, 0.1) is 10.1 Å². The fourth-order valence-corrected chi connectivity index (χ4v) is 1.78. The van der Waals surface area contributed by atoms with Crippen molar-refractivity contribution in [2.75, 3.05) is 19.1 Å². The van der Waals surface area contributed by atoms with Crippen molar-refractivity contribution < 1.29 is 14.4 Å². The molecule has 0 spiro atoms. The normalized spacial score (nSPS) is 10.5. The van der Waals surface area contributed by atoms with Crippen LogP contribution < -0.4 is 14.9 Å². The van der Waals surface area contributed by atoms with Gasteiger partial charge in [-0.2, -0.15) is 5.10 Å². The molecule has 0 radical (unpaired) electrons. The van der Waals surface area contributed by atoms with Gasteiger partial charge in [0, 0.05) is 6.07 Å². The minimum Gasteiger partial charge on any atom is -0.493 e. The van der Waals surface area contributed by atoms with Crippen LogP contribution in [0.2, 0.25) is 0 Å². The molecule has 1 aromatic carbocycles. The number of hydrazone groups is 1. The maximum Gasteiger partial charge on any atom is 0.287 e. The lowest BCUT2D eigenvalue weighted by atomic mass is 10.2. The van der Waals surface area contributed by atoms with E-state index in [0.29, 0.717) is 23.9 Å². The van der Waals surface area contributed by atoms with Crippen molar-refractivity contribution in [1.29, 1.82) is 0 Å². The SMILES string of the molecule is CCOc1cc(/C=N/Nc2ccc([N+](=O)[O-])cn2)ccc1OC. The summed E-state index contributed by atoms with van der Waals surface area (Å²) in [5.74, 6) is 1.69. The van der Waals surface area contributed by atoms with Gasteiger partial charge in [0.15, 0.2) is 11.5 Å². The van der Waals surface area contributed by atoms with Gasteiger partial charge in [-0.05, 0) is 36.8 Å². The van der Waals surface area contributed by atoms with Crippen molar-refractivity contribution in [2.24, 2.45) is 5.10 Å². The van der Waals surface area contributed by atoms with Gasteiger partial charge in [0.05, 0.1) is 24.9 Å². The molecule has 8 heteroatoms. The average Bonchev–Trinajstić information content (AvgIpc) is 2.56. The number of hydrogen-bond acceptors (Lipinski definition) is 7. The highest BCUT2D eigenvalue weighted by atomic mass is 16.6. The lowest BCUT2D eigenvalue weighted by Crippen LogP contribution is -1.97. The van der Waals surface area contributed by atoms with Crippen LogP contribution in [-0.4, -0.2) is 29.8 Å². The van der Waals surface area contributed by atoms with Gasteiger partial charge >= 0.3 is 0 Å². The maximum absolute atomic E-state index is 10.5. The van der Waals surface area contributed by atoms with E-state index in [9.17, 15) is 10.1 Å². The van der Waals surface area contributed by atoms with Crippen molar-refractivity contribution in [3.8, 4) is 11.5 Å². The van der Waals surface area contributed by atoms with Gasteiger partial charge in [0.1, 0.15) is 12.0 Å². The van der Waals surface area contributed by atoms with E-state index in [4.69, 9.17) is 9.47 Å². The number of nitrogens with zero attached hydrogens (tertiary/aromatic N) is 3. The Bertz CT molecular complexity index is 701. The Kier molecular flexibility index (Phi) is 5.45. The Balaban J connectivity index is 2.05. The van der Waals surface area contributed by atoms with Crippen molar-refractivity contribution in [3.63, 3.8) is 0 Å². The minimum atomic E-state index is -0.507. The van der Waals surface area contributed by atoms with E-state index in [0.717, 1.165) is 5.56 Å². The molecule has 1 aromatic heterocycles. The number of pyridine rings is 1. The van der Waals surface area contributed by atoms with Crippen molar-refractivity contribution in [3.05, 3.63) is 52.2 Å². The molecule has 0 aliphatic rings. The summed E-state index contributed by atoms with van der Waals surface area (Å²) in [6, 6.07) is 8.25. The van der Waals surface area contributed by atoms with Crippen LogP contribution in [0.15, 0.2) is 41.6 Å². The van der Waals surface area contributed by atoms with E-state index < -0.39 is 4.92 Å². The molecule has 0 bridgehead atoms. The van der Waals surface area contributed by atoms with Gasteiger partial charge in [-0.1, -0.05) is 0 Å². The van der Waals surface area contributed by atoms with E-state index in [-0.39, 0.29) is 5.69 Å². The molecule has 2 aromatic rings. The van der Waals surface area contributed by atoms with Crippen LogP contribution >= 0.6 is 0 Å². The molecule has 1 N–H and O–H groups in total. The third-order valence-electron chi connectivity index (χ3n) is 2.84. The van der Waals surface area contributed by atoms with Gasteiger partial charge in [-0.25, -0.2) is 4.98 Å². The predicted octanol–water partition coefficient (Wildman–Crippen LogP) is 2.84. The summed E-state index contributed by atoms with van der Waals surface area (Å²) in [4.78, 5) is 13.9. The average molecular weight is 316 g/mol. The fraction of sp³-hybridized carbons (Fsp3) is 0.200. The van der Waals surface area contributed by atoms with Crippen LogP contribution in [0.25, 0.3) is 0 Å². The summed E-state index contributed by atoms with van der Waals surface area (Å²) in [6.45, 7) is 2.42. The summed E-state index contributed by atoms with van der Waals surface area (Å²) >= 11 is 0. The second-order valence-electron chi connectivity index (χ2n) is 4.37. The molecule has 8 nitrogen and oxygen atoms in total. The first-order valence-electron chi connectivity index (χ1n) is 6.84. The molecule has 23 heavy (non-hydrogen) atoms. The molecule has 2 rings (SSSR count). The molecule has 0 unspecified atom stereocenters. The molecule has 0 saturated heterocycles. The van der Waals surface area contributed by atoms with E-state index in [1.165, 1.54) is 18.3 Å². The Morgan fingerprint density at radius 2 is 2.17 bits per heavy atom. The quantitative estimate of drug-likeness (QED) is 0.479. The molecule has 1 heterocycles. The lowest BCUT2D eigenvalue weighted by molar-refractivity contribution is -0.385. The van der Waals surface area contributed by atoms with E-state index in [1.54, 1.807) is 25.5 Å². The number of benzene rings is 1. The highest BCUT2D eigenvalue weighted by Crippen LogP contribution is 2.27. The van der Waals surface area contributed by atoms with E-state index in [2.05, 4.69) is 15.5 Å². The lowest BCUT2D eigenvalue weighted by Gasteiger charge is -2.09. The number of rotatable bonds is 7. The highest BCUT2D eigenvalue weighted by molar-refractivity contribution is 5.81. The monoisotopic (exact) mass is 316 g/mol. The first kappa shape index (κ1) is 16.2. The number of ether oxygens (including phenoxy) is 2. The number of nitro groups is 1. The summed E-state index contributed by atoms with van der Waals surface area (Å²) < 4.78 is 10.7. The van der Waals surface area contributed by atoms with Gasteiger partial charge in [-0.15, -0.1) is 0 Å². The largest absolute Gasteiger partial charge is 0.493 e. The van der Waals surface area contributed by atoms with E-state index >= 15 is 0 Å². The smallest absolute Gasteiger partial charge is 0.287 e. The molecule has 0 fully saturated rings. The van der Waals surface area contributed by atoms with Crippen LogP contribution in [0.5, 0.6) is 11.5 Å². The maximum atomic E-state index is 10.5. The third kappa shape index (κ3) is 4.40. The van der Waals surface area contributed by atoms with Gasteiger partial charge in [0.25, 0.3) is 5.69 Å². The summed E-state index contributed by atoms with van der Waals surface area (Å²) in [5, 5.41) is 14.6. The first-order valence-corrected chi connectivity index (χ1v) is 6.84.